The molecule has 2 aromatic rings. The van der Waals surface area contributed by atoms with Gasteiger partial charge in [-0.2, -0.15) is 0 Å². The summed E-state index contributed by atoms with van der Waals surface area (Å²) < 4.78 is 33.4. The number of sulfonamides is 1. The normalized spacial score (nSPS) is 11.4. The molecule has 0 radical (unpaired) electrons. The van der Waals surface area contributed by atoms with Crippen LogP contribution in [0.15, 0.2) is 47.4 Å². The summed E-state index contributed by atoms with van der Waals surface area (Å²) in [6, 6.07) is 8.98. The van der Waals surface area contributed by atoms with Crippen LogP contribution in [-0.2, 0) is 14.8 Å². The van der Waals surface area contributed by atoms with E-state index in [0.29, 0.717) is 34.4 Å². The molecule has 144 valence electrons. The van der Waals surface area contributed by atoms with Gasteiger partial charge in [0.1, 0.15) is 0 Å². The van der Waals surface area contributed by atoms with Crippen LogP contribution in [0.3, 0.4) is 0 Å². The fourth-order valence-corrected chi connectivity index (χ4v) is 3.06. The van der Waals surface area contributed by atoms with Gasteiger partial charge in [0, 0.05) is 11.8 Å². The first-order valence-corrected chi connectivity index (χ1v) is 9.79. The molecule has 0 aliphatic carbocycles. The first kappa shape index (κ1) is 20.8. The van der Waals surface area contributed by atoms with E-state index < -0.39 is 15.9 Å². The standard InChI is InChI=1S/C18H19ClN2O5S/c1-3-26-18-15(19)9-12(10-16(18)25-2)7-8-17(22)21-13-5-4-6-14(11-13)27(20,23)24/h4-11H,3H2,1-2H3,(H,21,22)(H2,20,23,24)/b8-7+. The van der Waals surface area contributed by atoms with Crippen molar-refractivity contribution in [1.29, 1.82) is 0 Å². The van der Waals surface area contributed by atoms with Crippen LogP contribution in [0.2, 0.25) is 5.02 Å². The molecule has 0 atom stereocenters. The number of ether oxygens (including phenoxy) is 2. The van der Waals surface area contributed by atoms with Crippen molar-refractivity contribution in [2.24, 2.45) is 5.14 Å². The predicted molar refractivity (Wildman–Crippen MR) is 105 cm³/mol. The molecule has 0 aliphatic rings. The van der Waals surface area contributed by atoms with Gasteiger partial charge in [-0.3, -0.25) is 4.79 Å². The van der Waals surface area contributed by atoms with E-state index in [1.807, 2.05) is 6.92 Å². The Morgan fingerprint density at radius 3 is 2.67 bits per heavy atom. The molecule has 0 aliphatic heterocycles. The molecule has 27 heavy (non-hydrogen) atoms. The highest BCUT2D eigenvalue weighted by molar-refractivity contribution is 7.89. The lowest BCUT2D eigenvalue weighted by Crippen LogP contribution is -2.13. The summed E-state index contributed by atoms with van der Waals surface area (Å²) in [6.07, 6.45) is 2.83. The van der Waals surface area contributed by atoms with E-state index in [0.717, 1.165) is 0 Å². The second kappa shape index (κ2) is 8.90. The Hall–Kier alpha value is -2.55. The minimum Gasteiger partial charge on any atom is -0.493 e. The second-order valence-corrected chi connectivity index (χ2v) is 7.33. The lowest BCUT2D eigenvalue weighted by Gasteiger charge is -2.11. The van der Waals surface area contributed by atoms with Crippen LogP contribution >= 0.6 is 11.6 Å². The van der Waals surface area contributed by atoms with Gasteiger partial charge in [0.25, 0.3) is 0 Å². The third-order valence-corrected chi connectivity index (χ3v) is 4.59. The van der Waals surface area contributed by atoms with Crippen molar-refractivity contribution in [1.82, 2.24) is 0 Å². The highest BCUT2D eigenvalue weighted by Gasteiger charge is 2.11. The van der Waals surface area contributed by atoms with Crippen LogP contribution in [0.5, 0.6) is 11.5 Å². The number of carbonyl (C=O) groups is 1. The quantitative estimate of drug-likeness (QED) is 0.682. The van der Waals surface area contributed by atoms with E-state index in [9.17, 15) is 13.2 Å². The van der Waals surface area contributed by atoms with Gasteiger partial charge in [-0.15, -0.1) is 0 Å². The van der Waals surface area contributed by atoms with Crippen molar-refractivity contribution in [3.63, 3.8) is 0 Å². The van der Waals surface area contributed by atoms with E-state index in [4.69, 9.17) is 26.2 Å². The molecule has 2 rings (SSSR count). The average Bonchev–Trinajstić information content (AvgIpc) is 2.61. The summed E-state index contributed by atoms with van der Waals surface area (Å²) in [6.45, 7) is 2.27. The Kier molecular flexibility index (Phi) is 6.84. The molecule has 2 aromatic carbocycles. The topological polar surface area (TPSA) is 108 Å². The van der Waals surface area contributed by atoms with Gasteiger partial charge in [-0.1, -0.05) is 17.7 Å². The number of rotatable bonds is 7. The fourth-order valence-electron chi connectivity index (χ4n) is 2.23. The Morgan fingerprint density at radius 2 is 2.04 bits per heavy atom. The van der Waals surface area contributed by atoms with Crippen molar-refractivity contribution < 1.29 is 22.7 Å². The third kappa shape index (κ3) is 5.72. The molecule has 1 amide bonds. The molecular weight excluding hydrogens is 392 g/mol. The first-order valence-electron chi connectivity index (χ1n) is 7.87. The van der Waals surface area contributed by atoms with Gasteiger partial charge in [0.15, 0.2) is 11.5 Å². The first-order chi connectivity index (χ1) is 12.7. The Balaban J connectivity index is 2.16. The molecular formula is C18H19ClN2O5S. The lowest BCUT2D eigenvalue weighted by atomic mass is 10.2. The number of methoxy groups -OCH3 is 1. The molecule has 0 spiro atoms. The summed E-state index contributed by atoms with van der Waals surface area (Å²) in [5, 5.41) is 8.00. The van der Waals surface area contributed by atoms with Crippen molar-refractivity contribution in [3.05, 3.63) is 53.1 Å². The minimum atomic E-state index is -3.85. The molecule has 0 saturated heterocycles. The van der Waals surface area contributed by atoms with Gasteiger partial charge in [0.05, 0.1) is 23.6 Å². The molecule has 0 bridgehead atoms. The van der Waals surface area contributed by atoms with Crippen molar-refractivity contribution in [2.45, 2.75) is 11.8 Å². The number of nitrogens with two attached hydrogens (primary N) is 1. The Labute approximate surface area is 162 Å². The fraction of sp³-hybridized carbons (Fsp3) is 0.167. The summed E-state index contributed by atoms with van der Waals surface area (Å²) in [4.78, 5) is 12.0. The number of nitrogens with one attached hydrogen (secondary N) is 1. The highest BCUT2D eigenvalue weighted by atomic mass is 35.5. The monoisotopic (exact) mass is 410 g/mol. The number of anilines is 1. The maximum absolute atomic E-state index is 12.1. The average molecular weight is 411 g/mol. The molecule has 0 fully saturated rings. The molecule has 9 heteroatoms. The summed E-state index contributed by atoms with van der Waals surface area (Å²) in [7, 11) is -2.35. The van der Waals surface area contributed by atoms with E-state index in [2.05, 4.69) is 5.32 Å². The third-order valence-electron chi connectivity index (χ3n) is 3.40. The summed E-state index contributed by atoms with van der Waals surface area (Å²) >= 11 is 6.19. The molecule has 0 aromatic heterocycles. The Bertz CT molecular complexity index is 974. The summed E-state index contributed by atoms with van der Waals surface area (Å²) in [5.74, 6) is 0.430. The molecule has 0 unspecified atom stereocenters. The number of benzene rings is 2. The van der Waals surface area contributed by atoms with E-state index >= 15 is 0 Å². The zero-order valence-electron chi connectivity index (χ0n) is 14.7. The van der Waals surface area contributed by atoms with Crippen LogP contribution in [-0.4, -0.2) is 28.0 Å². The second-order valence-electron chi connectivity index (χ2n) is 5.36. The van der Waals surface area contributed by atoms with E-state index in [1.54, 1.807) is 24.3 Å². The molecule has 3 N–H and O–H groups in total. The number of hydrogen-bond donors (Lipinski definition) is 2. The smallest absolute Gasteiger partial charge is 0.248 e. The van der Waals surface area contributed by atoms with Crippen molar-refractivity contribution in [3.8, 4) is 11.5 Å². The van der Waals surface area contributed by atoms with Crippen LogP contribution < -0.4 is 19.9 Å². The number of primary sulfonamides is 1. The van der Waals surface area contributed by atoms with E-state index in [-0.39, 0.29) is 4.90 Å². The van der Waals surface area contributed by atoms with Crippen molar-refractivity contribution >= 4 is 39.3 Å². The SMILES string of the molecule is CCOc1c(Cl)cc(/C=C/C(=O)Nc2cccc(S(N)(=O)=O)c2)cc1OC. The van der Waals surface area contributed by atoms with Gasteiger partial charge in [0.2, 0.25) is 15.9 Å². The maximum Gasteiger partial charge on any atom is 0.248 e. The summed E-state index contributed by atoms with van der Waals surface area (Å²) in [5.41, 5.74) is 0.937. The largest absolute Gasteiger partial charge is 0.493 e. The van der Waals surface area contributed by atoms with Crippen LogP contribution in [0, 0.1) is 0 Å². The maximum atomic E-state index is 12.1. The number of halogens is 1. The zero-order chi connectivity index (χ0) is 20.0. The number of hydrogen-bond acceptors (Lipinski definition) is 5. The van der Waals surface area contributed by atoms with Crippen LogP contribution in [0.1, 0.15) is 12.5 Å². The van der Waals surface area contributed by atoms with Gasteiger partial charge in [-0.25, -0.2) is 13.6 Å². The molecule has 7 nitrogen and oxygen atoms in total. The van der Waals surface area contributed by atoms with Gasteiger partial charge in [-0.05, 0) is 48.9 Å². The highest BCUT2D eigenvalue weighted by Crippen LogP contribution is 2.36. The molecule has 0 heterocycles. The lowest BCUT2D eigenvalue weighted by molar-refractivity contribution is -0.111. The van der Waals surface area contributed by atoms with Gasteiger partial charge < -0.3 is 14.8 Å². The molecule has 0 saturated carbocycles. The zero-order valence-corrected chi connectivity index (χ0v) is 16.3. The number of amides is 1. The Morgan fingerprint density at radius 1 is 1.30 bits per heavy atom. The van der Waals surface area contributed by atoms with Crippen LogP contribution in [0.4, 0.5) is 5.69 Å². The minimum absolute atomic E-state index is 0.0905. The number of carbonyl (C=O) groups excluding carboxylic acids is 1. The van der Waals surface area contributed by atoms with Crippen LogP contribution in [0.25, 0.3) is 6.08 Å². The van der Waals surface area contributed by atoms with Gasteiger partial charge >= 0.3 is 0 Å². The van der Waals surface area contributed by atoms with E-state index in [1.165, 1.54) is 31.4 Å². The predicted octanol–water partition coefficient (Wildman–Crippen LogP) is 3.05. The van der Waals surface area contributed by atoms with Crippen molar-refractivity contribution in [2.75, 3.05) is 19.0 Å².